The summed E-state index contributed by atoms with van der Waals surface area (Å²) in [7, 11) is 4.06. The van der Waals surface area contributed by atoms with Gasteiger partial charge in [-0.15, -0.1) is 0 Å². The van der Waals surface area contributed by atoms with Crippen LogP contribution in [0.4, 0.5) is 10.8 Å². The number of quaternary nitrogens is 1. The van der Waals surface area contributed by atoms with Gasteiger partial charge in [-0.25, -0.2) is 4.98 Å². The molecule has 0 radical (unpaired) electrons. The van der Waals surface area contributed by atoms with Crippen LogP contribution in [0.5, 0.6) is 0 Å². The number of aryl methyl sites for hydroxylation is 1. The third-order valence-corrected chi connectivity index (χ3v) is 5.53. The van der Waals surface area contributed by atoms with Crippen molar-refractivity contribution in [3.8, 4) is 0 Å². The normalized spacial score (nSPS) is 11.1. The highest BCUT2D eigenvalue weighted by Gasteiger charge is 2.23. The Morgan fingerprint density at radius 1 is 1.21 bits per heavy atom. The van der Waals surface area contributed by atoms with Crippen LogP contribution in [0.2, 0.25) is 0 Å². The summed E-state index contributed by atoms with van der Waals surface area (Å²) in [4.78, 5) is 31.1. The van der Waals surface area contributed by atoms with Crippen LogP contribution in [0.3, 0.4) is 0 Å². The first-order chi connectivity index (χ1) is 13.4. The molecule has 1 heterocycles. The van der Waals surface area contributed by atoms with E-state index in [2.05, 4.69) is 24.0 Å². The van der Waals surface area contributed by atoms with E-state index in [0.29, 0.717) is 17.2 Å². The Bertz CT molecular complexity index is 998. The average molecular weight is 399 g/mol. The molecule has 0 bridgehead atoms. The van der Waals surface area contributed by atoms with Gasteiger partial charge in [0.15, 0.2) is 5.13 Å². The minimum absolute atomic E-state index is 0.0343. The van der Waals surface area contributed by atoms with E-state index in [1.165, 1.54) is 46.1 Å². The number of fused-ring (bicyclic) bond motifs is 1. The number of hydrogen-bond donors (Lipinski definition) is 1. The molecule has 1 amide bonds. The molecule has 0 spiro atoms. The van der Waals surface area contributed by atoms with Crippen LogP contribution < -0.4 is 9.80 Å². The van der Waals surface area contributed by atoms with Gasteiger partial charge in [0.25, 0.3) is 11.6 Å². The number of rotatable bonds is 7. The quantitative estimate of drug-likeness (QED) is 0.489. The molecule has 0 aliphatic heterocycles. The van der Waals surface area contributed by atoms with Crippen molar-refractivity contribution >= 4 is 38.3 Å². The van der Waals surface area contributed by atoms with Crippen molar-refractivity contribution in [1.29, 1.82) is 0 Å². The number of thiazole rings is 1. The molecule has 3 rings (SSSR count). The van der Waals surface area contributed by atoms with E-state index in [1.54, 1.807) is 4.90 Å². The number of carbonyl (C=O) groups excluding carboxylic acids is 1. The molecule has 7 nitrogen and oxygen atoms in total. The Labute approximate surface area is 167 Å². The van der Waals surface area contributed by atoms with Gasteiger partial charge in [-0.2, -0.15) is 0 Å². The van der Waals surface area contributed by atoms with Gasteiger partial charge in [0.2, 0.25) is 0 Å². The summed E-state index contributed by atoms with van der Waals surface area (Å²) in [6.07, 6.45) is 0.943. The molecule has 0 aliphatic rings. The van der Waals surface area contributed by atoms with Gasteiger partial charge >= 0.3 is 0 Å². The lowest BCUT2D eigenvalue weighted by Gasteiger charge is -2.20. The van der Waals surface area contributed by atoms with Crippen molar-refractivity contribution in [3.63, 3.8) is 0 Å². The first kappa shape index (κ1) is 19.9. The predicted octanol–water partition coefficient (Wildman–Crippen LogP) is 2.56. The number of nitrogens with zero attached hydrogens (tertiary/aromatic N) is 3. The summed E-state index contributed by atoms with van der Waals surface area (Å²) >= 11 is 1.49. The maximum absolute atomic E-state index is 13.2. The number of nitro groups is 1. The number of aromatic nitrogens is 1. The maximum atomic E-state index is 13.2. The van der Waals surface area contributed by atoms with Crippen molar-refractivity contribution in [3.05, 3.63) is 63.7 Å². The van der Waals surface area contributed by atoms with Crippen LogP contribution in [0.1, 0.15) is 22.8 Å². The van der Waals surface area contributed by atoms with E-state index in [-0.39, 0.29) is 11.6 Å². The van der Waals surface area contributed by atoms with Gasteiger partial charge in [-0.3, -0.25) is 19.8 Å². The Morgan fingerprint density at radius 2 is 1.93 bits per heavy atom. The second kappa shape index (κ2) is 8.45. The molecule has 1 aromatic heterocycles. The zero-order chi connectivity index (χ0) is 20.3. The zero-order valence-corrected chi connectivity index (χ0v) is 17.0. The molecule has 3 aromatic rings. The first-order valence-corrected chi connectivity index (χ1v) is 9.95. The van der Waals surface area contributed by atoms with Crippen LogP contribution in [-0.4, -0.2) is 43.0 Å². The van der Waals surface area contributed by atoms with Crippen molar-refractivity contribution < 1.29 is 14.6 Å². The van der Waals surface area contributed by atoms with Gasteiger partial charge in [0.05, 0.1) is 42.3 Å². The molecular weight excluding hydrogens is 376 g/mol. The summed E-state index contributed by atoms with van der Waals surface area (Å²) in [5, 5.41) is 11.5. The van der Waals surface area contributed by atoms with E-state index in [9.17, 15) is 14.9 Å². The van der Waals surface area contributed by atoms with Crippen LogP contribution >= 0.6 is 11.3 Å². The molecule has 0 unspecified atom stereocenters. The highest BCUT2D eigenvalue weighted by Crippen LogP contribution is 2.30. The number of benzene rings is 2. The number of hydrogen-bond acceptors (Lipinski definition) is 5. The lowest BCUT2D eigenvalue weighted by atomic mass is 10.2. The molecule has 146 valence electrons. The molecule has 8 heteroatoms. The van der Waals surface area contributed by atoms with Crippen LogP contribution in [0, 0.1) is 10.1 Å². The topological polar surface area (TPSA) is 80.8 Å². The van der Waals surface area contributed by atoms with E-state index >= 15 is 0 Å². The number of amides is 1. The minimum atomic E-state index is -0.472. The number of nitro benzene ring substituents is 1. The van der Waals surface area contributed by atoms with Gasteiger partial charge < -0.3 is 4.90 Å². The Balaban J connectivity index is 1.95. The molecule has 0 atom stereocenters. The maximum Gasteiger partial charge on any atom is 0.269 e. The van der Waals surface area contributed by atoms with Crippen molar-refractivity contribution in [2.75, 3.05) is 32.1 Å². The van der Waals surface area contributed by atoms with E-state index in [1.807, 2.05) is 20.2 Å². The molecule has 28 heavy (non-hydrogen) atoms. The minimum Gasteiger partial charge on any atom is -0.338 e. The van der Waals surface area contributed by atoms with Crippen molar-refractivity contribution in [2.24, 2.45) is 0 Å². The third kappa shape index (κ3) is 4.35. The Kier molecular flexibility index (Phi) is 6.01. The number of likely N-dealkylation sites (N-methyl/N-ethyl adjacent to an activating group) is 1. The smallest absolute Gasteiger partial charge is 0.269 e. The number of nitrogens with one attached hydrogen (secondary N) is 1. The number of carbonyl (C=O) groups is 1. The standard InChI is InChI=1S/C20H22N4O3S/c1-4-14-5-10-17-18(13-14)28-20(21-17)23(12-11-22(2)3)19(25)15-6-8-16(9-7-15)24(26)27/h5-10,13H,4,11-12H2,1-3H3/p+1. The molecule has 0 aliphatic carbocycles. The monoisotopic (exact) mass is 399 g/mol. The fraction of sp³-hybridized carbons (Fsp3) is 0.300. The first-order valence-electron chi connectivity index (χ1n) is 9.14. The largest absolute Gasteiger partial charge is 0.338 e. The van der Waals surface area contributed by atoms with E-state index in [0.717, 1.165) is 23.2 Å². The summed E-state index contributed by atoms with van der Waals surface area (Å²) in [6.45, 7) is 3.38. The van der Waals surface area contributed by atoms with Gasteiger partial charge in [-0.05, 0) is 36.2 Å². The molecule has 0 saturated carbocycles. The summed E-state index contributed by atoms with van der Waals surface area (Å²) < 4.78 is 1.05. The van der Waals surface area contributed by atoms with Crippen molar-refractivity contribution in [2.45, 2.75) is 13.3 Å². The number of non-ortho nitro benzene ring substituents is 1. The fourth-order valence-electron chi connectivity index (χ4n) is 2.79. The second-order valence-electron chi connectivity index (χ2n) is 6.87. The lowest BCUT2D eigenvalue weighted by Crippen LogP contribution is -3.06. The van der Waals surface area contributed by atoms with E-state index < -0.39 is 4.92 Å². The second-order valence-corrected chi connectivity index (χ2v) is 7.88. The SMILES string of the molecule is CCc1ccc2nc(N(CC[NH+](C)C)C(=O)c3ccc([N+](=O)[O-])cc3)sc2c1. The predicted molar refractivity (Wildman–Crippen MR) is 111 cm³/mol. The molecule has 0 fully saturated rings. The molecule has 2 aromatic carbocycles. The number of anilines is 1. The van der Waals surface area contributed by atoms with Crippen LogP contribution in [0.25, 0.3) is 10.2 Å². The van der Waals surface area contributed by atoms with E-state index in [4.69, 9.17) is 0 Å². The Morgan fingerprint density at radius 3 is 2.54 bits per heavy atom. The summed E-state index contributed by atoms with van der Waals surface area (Å²) in [6, 6.07) is 11.9. The molecular formula is C20H23N4O3S+. The molecule has 1 N–H and O–H groups in total. The van der Waals surface area contributed by atoms with Crippen LogP contribution in [0.15, 0.2) is 42.5 Å². The fourth-order valence-corrected chi connectivity index (χ4v) is 3.85. The highest BCUT2D eigenvalue weighted by atomic mass is 32.1. The summed E-state index contributed by atoms with van der Waals surface area (Å²) in [5.74, 6) is -0.203. The third-order valence-electron chi connectivity index (χ3n) is 4.49. The Hall–Kier alpha value is -2.84. The van der Waals surface area contributed by atoms with Gasteiger partial charge in [0.1, 0.15) is 0 Å². The van der Waals surface area contributed by atoms with Crippen molar-refractivity contribution in [1.82, 2.24) is 4.98 Å². The van der Waals surface area contributed by atoms with Gasteiger partial charge in [-0.1, -0.05) is 24.3 Å². The zero-order valence-electron chi connectivity index (χ0n) is 16.1. The molecule has 0 saturated heterocycles. The lowest BCUT2D eigenvalue weighted by molar-refractivity contribution is -0.856. The highest BCUT2D eigenvalue weighted by molar-refractivity contribution is 7.22. The summed E-state index contributed by atoms with van der Waals surface area (Å²) in [5.41, 5.74) is 2.48. The van der Waals surface area contributed by atoms with Crippen LogP contribution in [-0.2, 0) is 6.42 Å². The average Bonchev–Trinajstić information content (AvgIpc) is 3.10. The van der Waals surface area contributed by atoms with Gasteiger partial charge in [0, 0.05) is 17.7 Å².